The molecule has 9 nitrogen and oxygen atoms in total. The fraction of sp³-hybridized carbons (Fsp3) is 0.261. The van der Waals surface area contributed by atoms with Gasteiger partial charge < -0.3 is 5.32 Å². The van der Waals surface area contributed by atoms with Gasteiger partial charge in [0.05, 0.1) is 16.8 Å². The van der Waals surface area contributed by atoms with E-state index < -0.39 is 11.2 Å². The lowest BCUT2D eigenvalue weighted by atomic mass is 10.1. The average molecular weight is 432 g/mol. The highest BCUT2D eigenvalue weighted by atomic mass is 16.2. The number of benzene rings is 1. The molecule has 0 aliphatic carbocycles. The van der Waals surface area contributed by atoms with Crippen LogP contribution in [0.2, 0.25) is 0 Å². The molecule has 3 heterocycles. The first kappa shape index (κ1) is 21.2. The maximum atomic E-state index is 12.5. The van der Waals surface area contributed by atoms with Gasteiger partial charge in [-0.15, -0.1) is 0 Å². The number of rotatable bonds is 6. The molecule has 0 atom stereocenters. The minimum Gasteiger partial charge on any atom is -0.351 e. The summed E-state index contributed by atoms with van der Waals surface area (Å²) in [6.07, 6.45) is 3.52. The van der Waals surface area contributed by atoms with Crippen molar-refractivity contribution in [2.24, 2.45) is 14.1 Å². The molecule has 0 saturated carbocycles. The molecular weight excluding hydrogens is 408 g/mol. The number of fused-ring (bicyclic) bond motifs is 1. The number of nitrogens with zero attached hydrogens (tertiary/aromatic N) is 5. The van der Waals surface area contributed by atoms with E-state index in [1.165, 1.54) is 30.8 Å². The van der Waals surface area contributed by atoms with Crippen molar-refractivity contribution in [2.75, 3.05) is 6.54 Å². The van der Waals surface area contributed by atoms with Gasteiger partial charge in [-0.05, 0) is 49.6 Å². The monoisotopic (exact) mass is 432 g/mol. The number of hydrogen-bond acceptors (Lipinski definition) is 5. The maximum absolute atomic E-state index is 12.5. The minimum atomic E-state index is -0.487. The fourth-order valence-corrected chi connectivity index (χ4v) is 3.61. The van der Waals surface area contributed by atoms with Gasteiger partial charge in [0, 0.05) is 26.8 Å². The van der Waals surface area contributed by atoms with Crippen molar-refractivity contribution >= 4 is 16.9 Å². The lowest BCUT2D eigenvalue weighted by molar-refractivity contribution is 0.0948. The first-order valence-electron chi connectivity index (χ1n) is 10.3. The molecule has 0 spiro atoms. The van der Waals surface area contributed by atoms with Crippen molar-refractivity contribution in [3.05, 3.63) is 86.5 Å². The van der Waals surface area contributed by atoms with E-state index in [9.17, 15) is 14.4 Å². The van der Waals surface area contributed by atoms with Crippen molar-refractivity contribution in [3.63, 3.8) is 0 Å². The van der Waals surface area contributed by atoms with Crippen LogP contribution in [0.1, 0.15) is 28.2 Å². The number of pyridine rings is 1. The number of aromatic nitrogens is 5. The number of para-hydroxylation sites is 1. The van der Waals surface area contributed by atoms with E-state index in [0.29, 0.717) is 6.54 Å². The Hall–Kier alpha value is -4.01. The van der Waals surface area contributed by atoms with Crippen LogP contribution in [0.3, 0.4) is 0 Å². The molecule has 0 fully saturated rings. The van der Waals surface area contributed by atoms with Gasteiger partial charge in [-0.3, -0.25) is 18.7 Å². The molecule has 32 heavy (non-hydrogen) atoms. The smallest absolute Gasteiger partial charge is 0.332 e. The number of amides is 1. The Morgan fingerprint density at radius 1 is 1.03 bits per heavy atom. The van der Waals surface area contributed by atoms with Gasteiger partial charge in [0.2, 0.25) is 0 Å². The van der Waals surface area contributed by atoms with E-state index in [4.69, 9.17) is 0 Å². The highest BCUT2D eigenvalue weighted by Gasteiger charge is 2.14. The summed E-state index contributed by atoms with van der Waals surface area (Å²) < 4.78 is 4.14. The van der Waals surface area contributed by atoms with Crippen molar-refractivity contribution < 1.29 is 4.79 Å². The summed E-state index contributed by atoms with van der Waals surface area (Å²) in [4.78, 5) is 41.2. The van der Waals surface area contributed by atoms with Gasteiger partial charge in [-0.1, -0.05) is 18.2 Å². The quantitative estimate of drug-likeness (QED) is 0.465. The maximum Gasteiger partial charge on any atom is 0.332 e. The van der Waals surface area contributed by atoms with Crippen molar-refractivity contribution in [2.45, 2.75) is 19.8 Å². The number of aryl methyl sites for hydroxylation is 3. The topological polar surface area (TPSA) is 104 Å². The van der Waals surface area contributed by atoms with E-state index in [0.717, 1.165) is 34.4 Å². The predicted octanol–water partition coefficient (Wildman–Crippen LogP) is 1.49. The van der Waals surface area contributed by atoms with Gasteiger partial charge in [0.25, 0.3) is 11.5 Å². The van der Waals surface area contributed by atoms with Crippen LogP contribution in [0.15, 0.2) is 58.3 Å². The summed E-state index contributed by atoms with van der Waals surface area (Å²) in [7, 11) is 2.94. The van der Waals surface area contributed by atoms with Gasteiger partial charge in [-0.25, -0.2) is 14.5 Å². The Labute approximate surface area is 184 Å². The van der Waals surface area contributed by atoms with Crippen molar-refractivity contribution in [1.29, 1.82) is 0 Å². The number of carbonyl (C=O) groups is 1. The van der Waals surface area contributed by atoms with E-state index >= 15 is 0 Å². The lowest BCUT2D eigenvalue weighted by Gasteiger charge is -2.09. The summed E-state index contributed by atoms with van der Waals surface area (Å²) in [5.74, 6) is -0.350. The summed E-state index contributed by atoms with van der Waals surface area (Å²) in [6, 6.07) is 12.9. The lowest BCUT2D eigenvalue weighted by Crippen LogP contribution is -2.37. The molecule has 0 unspecified atom stereocenters. The molecule has 0 aliphatic rings. The minimum absolute atomic E-state index is 0.161. The Balaban J connectivity index is 1.41. The Kier molecular flexibility index (Phi) is 5.72. The van der Waals surface area contributed by atoms with Crippen LogP contribution in [0.5, 0.6) is 0 Å². The number of hydrogen-bond donors (Lipinski definition) is 1. The summed E-state index contributed by atoms with van der Waals surface area (Å²) in [5.41, 5.74) is 2.51. The molecule has 1 amide bonds. The Bertz CT molecular complexity index is 1420. The average Bonchev–Trinajstić information content (AvgIpc) is 3.19. The van der Waals surface area contributed by atoms with Crippen molar-refractivity contribution in [1.82, 2.24) is 29.2 Å². The SMILES string of the molecule is Cc1nn(-c2ccccc2)cc1CCCNC(=O)c1ccc2c(=O)n(C)c(=O)n(C)c2n1. The summed E-state index contributed by atoms with van der Waals surface area (Å²) >= 11 is 0. The first-order chi connectivity index (χ1) is 15.4. The molecule has 1 N–H and O–H groups in total. The van der Waals surface area contributed by atoms with Crippen LogP contribution in [0.25, 0.3) is 16.7 Å². The highest BCUT2D eigenvalue weighted by molar-refractivity contribution is 5.94. The zero-order chi connectivity index (χ0) is 22.8. The van der Waals surface area contributed by atoms with E-state index in [1.807, 2.05) is 48.1 Å². The van der Waals surface area contributed by atoms with Crippen LogP contribution >= 0.6 is 0 Å². The molecule has 4 aromatic rings. The van der Waals surface area contributed by atoms with E-state index in [2.05, 4.69) is 15.4 Å². The molecular formula is C23H24N6O3. The summed E-state index contributed by atoms with van der Waals surface area (Å²) in [5, 5.41) is 7.71. The third-order valence-corrected chi connectivity index (χ3v) is 5.46. The van der Waals surface area contributed by atoms with Gasteiger partial charge >= 0.3 is 5.69 Å². The number of carbonyl (C=O) groups excluding carboxylic acids is 1. The molecule has 164 valence electrons. The van der Waals surface area contributed by atoms with Crippen LogP contribution in [-0.4, -0.2) is 36.4 Å². The second-order valence-corrected chi connectivity index (χ2v) is 7.65. The molecule has 0 aliphatic heterocycles. The van der Waals surface area contributed by atoms with Crippen LogP contribution < -0.4 is 16.6 Å². The van der Waals surface area contributed by atoms with E-state index in [1.54, 1.807) is 0 Å². The highest BCUT2D eigenvalue weighted by Crippen LogP contribution is 2.13. The predicted molar refractivity (Wildman–Crippen MR) is 121 cm³/mol. The molecule has 0 bridgehead atoms. The van der Waals surface area contributed by atoms with Crippen LogP contribution in [-0.2, 0) is 20.5 Å². The Morgan fingerprint density at radius 2 is 1.78 bits per heavy atom. The third-order valence-electron chi connectivity index (χ3n) is 5.46. The van der Waals surface area contributed by atoms with Gasteiger partial charge in [0.15, 0.2) is 0 Å². The molecule has 0 radical (unpaired) electrons. The van der Waals surface area contributed by atoms with Gasteiger partial charge in [-0.2, -0.15) is 5.10 Å². The first-order valence-corrected chi connectivity index (χ1v) is 10.3. The second-order valence-electron chi connectivity index (χ2n) is 7.65. The summed E-state index contributed by atoms with van der Waals surface area (Å²) in [6.45, 7) is 2.44. The molecule has 3 aromatic heterocycles. The normalized spacial score (nSPS) is 11.1. The number of nitrogens with one attached hydrogen (secondary N) is 1. The molecule has 4 rings (SSSR count). The molecule has 1 aromatic carbocycles. The third kappa shape index (κ3) is 3.96. The molecule has 9 heteroatoms. The second kappa shape index (κ2) is 8.62. The molecule has 0 saturated heterocycles. The standard InChI is InChI=1S/C23H24N6O3/c1-15-16(14-29(26-15)17-9-5-4-6-10-17)8-7-13-24-21(30)19-12-11-18-20(25-19)27(2)23(32)28(3)22(18)31/h4-6,9-12,14H,7-8,13H2,1-3H3,(H,24,30). The van der Waals surface area contributed by atoms with Gasteiger partial charge in [0.1, 0.15) is 11.3 Å². The Morgan fingerprint density at radius 3 is 2.53 bits per heavy atom. The zero-order valence-electron chi connectivity index (χ0n) is 18.2. The van der Waals surface area contributed by atoms with Crippen molar-refractivity contribution in [3.8, 4) is 5.69 Å². The zero-order valence-corrected chi connectivity index (χ0v) is 18.2. The van der Waals surface area contributed by atoms with Crippen LogP contribution in [0, 0.1) is 6.92 Å². The van der Waals surface area contributed by atoms with Crippen LogP contribution in [0.4, 0.5) is 0 Å². The van der Waals surface area contributed by atoms with E-state index in [-0.39, 0.29) is 22.6 Å². The fourth-order valence-electron chi connectivity index (χ4n) is 3.61. The largest absolute Gasteiger partial charge is 0.351 e.